The largest absolute Gasteiger partial charge is 0.494 e. The van der Waals surface area contributed by atoms with E-state index in [0.717, 1.165) is 5.56 Å². The van der Waals surface area contributed by atoms with Gasteiger partial charge in [-0.25, -0.2) is 13.4 Å². The van der Waals surface area contributed by atoms with Gasteiger partial charge >= 0.3 is 0 Å². The van der Waals surface area contributed by atoms with Crippen LogP contribution in [0.3, 0.4) is 0 Å². The number of anilines is 1. The molecule has 3 heterocycles. The first-order valence-electron chi connectivity index (χ1n) is 11.4. The van der Waals surface area contributed by atoms with Crippen molar-refractivity contribution in [1.29, 1.82) is 0 Å². The molecular formula is C24H29N7O5S. The van der Waals surface area contributed by atoms with Crippen LogP contribution in [0.4, 0.5) is 5.95 Å². The lowest BCUT2D eigenvalue weighted by molar-refractivity contribution is 0.391. The summed E-state index contributed by atoms with van der Waals surface area (Å²) < 4.78 is 49.2. The van der Waals surface area contributed by atoms with Gasteiger partial charge in [0.2, 0.25) is 21.9 Å². The summed E-state index contributed by atoms with van der Waals surface area (Å²) in [6.45, 7) is 5.29. The molecule has 13 heteroatoms. The van der Waals surface area contributed by atoms with Gasteiger partial charge in [-0.3, -0.25) is 14.0 Å². The first kappa shape index (κ1) is 25.9. The van der Waals surface area contributed by atoms with Gasteiger partial charge in [0.15, 0.2) is 5.82 Å². The predicted octanol–water partition coefficient (Wildman–Crippen LogP) is 3.25. The highest BCUT2D eigenvalue weighted by Gasteiger charge is 2.32. The molecule has 12 nitrogen and oxygen atoms in total. The fraction of sp³-hybridized carbons (Fsp3) is 0.333. The zero-order valence-corrected chi connectivity index (χ0v) is 22.2. The van der Waals surface area contributed by atoms with Gasteiger partial charge in [0.25, 0.3) is 0 Å². The van der Waals surface area contributed by atoms with Gasteiger partial charge in [-0.1, -0.05) is 12.1 Å². The fourth-order valence-corrected chi connectivity index (χ4v) is 5.00. The third kappa shape index (κ3) is 5.07. The maximum atomic E-state index is 13.5. The number of aryl methyl sites for hydroxylation is 1. The Hall–Kier alpha value is -4.13. The average Bonchev–Trinajstić information content (AvgIpc) is 3.52. The molecule has 196 valence electrons. The molecule has 0 amide bonds. The normalized spacial score (nSPS) is 13.1. The standard InChI is InChI=1S/C24H29N7O5S/c1-15-13-25-30(14-15)16(2)17(3)37(32,33)29-24-28-27-23(18-9-7-12-21(26-18)36-6)31(24)22-19(34-4)10-8-11-20(22)35-5/h7-14,16-17H,1-6H3,(H,28,29)/t16-,17-/m1/s1. The molecule has 4 aromatic rings. The molecule has 0 aliphatic carbocycles. The minimum Gasteiger partial charge on any atom is -0.494 e. The van der Waals surface area contributed by atoms with Crippen molar-refractivity contribution in [2.24, 2.45) is 0 Å². The van der Waals surface area contributed by atoms with Crippen LogP contribution < -0.4 is 18.9 Å². The summed E-state index contributed by atoms with van der Waals surface area (Å²) in [7, 11) is 0.551. The zero-order valence-electron chi connectivity index (χ0n) is 21.4. The number of benzene rings is 1. The molecule has 0 aliphatic rings. The van der Waals surface area contributed by atoms with E-state index >= 15 is 0 Å². The number of aromatic nitrogens is 6. The second-order valence-electron chi connectivity index (χ2n) is 8.35. The number of pyridine rings is 1. The number of hydrogen-bond acceptors (Lipinski definition) is 9. The van der Waals surface area contributed by atoms with Crippen molar-refractivity contribution >= 4 is 16.0 Å². The molecule has 0 bridgehead atoms. The van der Waals surface area contributed by atoms with E-state index in [-0.39, 0.29) is 11.8 Å². The monoisotopic (exact) mass is 527 g/mol. The Balaban J connectivity index is 1.85. The van der Waals surface area contributed by atoms with E-state index in [1.54, 1.807) is 67.3 Å². The van der Waals surface area contributed by atoms with Gasteiger partial charge in [0, 0.05) is 12.3 Å². The number of para-hydroxylation sites is 1. The topological polar surface area (TPSA) is 135 Å². The summed E-state index contributed by atoms with van der Waals surface area (Å²) in [6.07, 6.45) is 3.48. The van der Waals surface area contributed by atoms with E-state index in [9.17, 15) is 8.42 Å². The van der Waals surface area contributed by atoms with Crippen LogP contribution in [0, 0.1) is 6.92 Å². The Morgan fingerprint density at radius 3 is 2.22 bits per heavy atom. The number of nitrogens with zero attached hydrogens (tertiary/aromatic N) is 6. The first-order chi connectivity index (χ1) is 17.7. The van der Waals surface area contributed by atoms with Crippen LogP contribution in [-0.2, 0) is 10.0 Å². The minimum absolute atomic E-state index is 0.0573. The zero-order chi connectivity index (χ0) is 26.7. The number of nitrogens with one attached hydrogen (secondary N) is 1. The molecular weight excluding hydrogens is 498 g/mol. The molecule has 1 aromatic carbocycles. The molecule has 0 unspecified atom stereocenters. The Morgan fingerprint density at radius 2 is 1.62 bits per heavy atom. The van der Waals surface area contributed by atoms with Gasteiger partial charge in [0.05, 0.1) is 38.8 Å². The van der Waals surface area contributed by atoms with E-state index in [1.807, 2.05) is 6.92 Å². The van der Waals surface area contributed by atoms with Crippen LogP contribution in [0.25, 0.3) is 17.2 Å². The van der Waals surface area contributed by atoms with Crippen LogP contribution >= 0.6 is 0 Å². The van der Waals surface area contributed by atoms with E-state index in [2.05, 4.69) is 25.0 Å². The molecule has 0 radical (unpaired) electrons. The molecule has 37 heavy (non-hydrogen) atoms. The summed E-state index contributed by atoms with van der Waals surface area (Å²) in [5, 5.41) is 11.9. The van der Waals surface area contributed by atoms with Crippen LogP contribution in [0.5, 0.6) is 17.4 Å². The van der Waals surface area contributed by atoms with Gasteiger partial charge in [-0.05, 0) is 44.5 Å². The summed E-state index contributed by atoms with van der Waals surface area (Å²) in [5.41, 5.74) is 1.74. The Kier molecular flexibility index (Phi) is 7.34. The summed E-state index contributed by atoms with van der Waals surface area (Å²) in [4.78, 5) is 4.46. The van der Waals surface area contributed by atoms with E-state index < -0.39 is 21.3 Å². The second-order valence-corrected chi connectivity index (χ2v) is 10.4. The number of methoxy groups -OCH3 is 3. The third-order valence-corrected chi connectivity index (χ3v) is 7.84. The molecule has 0 aliphatic heterocycles. The molecule has 0 spiro atoms. The highest BCUT2D eigenvalue weighted by atomic mass is 32.2. The van der Waals surface area contributed by atoms with Crippen molar-refractivity contribution < 1.29 is 22.6 Å². The molecule has 2 atom stereocenters. The van der Waals surface area contributed by atoms with Crippen molar-refractivity contribution in [3.05, 3.63) is 54.4 Å². The van der Waals surface area contributed by atoms with Crippen molar-refractivity contribution in [3.8, 4) is 34.6 Å². The van der Waals surface area contributed by atoms with Crippen LogP contribution in [-0.4, -0.2) is 64.5 Å². The Bertz CT molecular complexity index is 1480. The number of sulfonamides is 1. The summed E-state index contributed by atoms with van der Waals surface area (Å²) in [5.74, 6) is 1.38. The first-order valence-corrected chi connectivity index (χ1v) is 12.9. The van der Waals surface area contributed by atoms with Crippen LogP contribution in [0.2, 0.25) is 0 Å². The highest BCUT2D eigenvalue weighted by molar-refractivity contribution is 7.93. The van der Waals surface area contributed by atoms with E-state index in [4.69, 9.17) is 14.2 Å². The third-order valence-electron chi connectivity index (χ3n) is 6.00. The molecule has 0 fully saturated rings. The Morgan fingerprint density at radius 1 is 0.946 bits per heavy atom. The molecule has 0 saturated heterocycles. The van der Waals surface area contributed by atoms with Crippen molar-refractivity contribution in [3.63, 3.8) is 0 Å². The number of hydrogen-bond donors (Lipinski definition) is 1. The fourth-order valence-electron chi connectivity index (χ4n) is 3.78. The Labute approximate surface area is 215 Å². The van der Waals surface area contributed by atoms with Gasteiger partial charge in [-0.2, -0.15) is 5.10 Å². The maximum absolute atomic E-state index is 13.5. The molecule has 3 aromatic heterocycles. The predicted molar refractivity (Wildman–Crippen MR) is 138 cm³/mol. The number of rotatable bonds is 10. The van der Waals surface area contributed by atoms with Crippen molar-refractivity contribution in [2.45, 2.75) is 32.1 Å². The smallest absolute Gasteiger partial charge is 0.243 e. The number of ether oxygens (including phenoxy) is 3. The van der Waals surface area contributed by atoms with E-state index in [1.165, 1.54) is 25.9 Å². The average molecular weight is 528 g/mol. The lowest BCUT2D eigenvalue weighted by Gasteiger charge is -2.22. The molecule has 1 N–H and O–H groups in total. The van der Waals surface area contributed by atoms with Crippen molar-refractivity contribution in [1.82, 2.24) is 29.5 Å². The lowest BCUT2D eigenvalue weighted by Crippen LogP contribution is -2.33. The maximum Gasteiger partial charge on any atom is 0.243 e. The molecule has 4 rings (SSSR count). The molecule has 0 saturated carbocycles. The summed E-state index contributed by atoms with van der Waals surface area (Å²) >= 11 is 0. The lowest BCUT2D eigenvalue weighted by atomic mass is 10.2. The highest BCUT2D eigenvalue weighted by Crippen LogP contribution is 2.38. The van der Waals surface area contributed by atoms with Crippen LogP contribution in [0.15, 0.2) is 48.8 Å². The van der Waals surface area contributed by atoms with Gasteiger partial charge in [0.1, 0.15) is 22.9 Å². The quantitative estimate of drug-likeness (QED) is 0.330. The second kappa shape index (κ2) is 10.5. The van der Waals surface area contributed by atoms with Crippen LogP contribution in [0.1, 0.15) is 25.5 Å². The van der Waals surface area contributed by atoms with E-state index in [0.29, 0.717) is 28.8 Å². The van der Waals surface area contributed by atoms with Crippen molar-refractivity contribution in [2.75, 3.05) is 26.1 Å². The van der Waals surface area contributed by atoms with Gasteiger partial charge in [-0.15, -0.1) is 10.2 Å². The summed E-state index contributed by atoms with van der Waals surface area (Å²) in [6, 6.07) is 9.91. The van der Waals surface area contributed by atoms with Gasteiger partial charge < -0.3 is 14.2 Å². The SMILES string of the molecule is COc1cccc(-c2nnc(NS(=O)(=O)[C@H](C)[C@@H](C)n3cc(C)cn3)n2-c2c(OC)cccc2OC)n1. The minimum atomic E-state index is -3.96.